The van der Waals surface area contributed by atoms with Crippen LogP contribution in [0.25, 0.3) is 11.0 Å². The molecule has 0 saturated heterocycles. The van der Waals surface area contributed by atoms with Crippen LogP contribution in [0.3, 0.4) is 0 Å². The highest BCUT2D eigenvalue weighted by Crippen LogP contribution is 2.19. The van der Waals surface area contributed by atoms with E-state index in [0.717, 1.165) is 35.4 Å². The van der Waals surface area contributed by atoms with Crippen molar-refractivity contribution < 1.29 is 4.74 Å². The number of H-pyrrole nitrogens is 1. The van der Waals surface area contributed by atoms with Crippen molar-refractivity contribution in [2.45, 2.75) is 26.7 Å². The summed E-state index contributed by atoms with van der Waals surface area (Å²) >= 11 is 0. The van der Waals surface area contributed by atoms with E-state index in [1.165, 1.54) is 16.7 Å². The molecule has 0 radical (unpaired) electrons. The van der Waals surface area contributed by atoms with Crippen LogP contribution in [-0.2, 0) is 12.8 Å². The van der Waals surface area contributed by atoms with Gasteiger partial charge in [-0.25, -0.2) is 4.98 Å². The molecule has 3 aromatic rings. The first-order chi connectivity index (χ1) is 10.2. The molecule has 2 aromatic carbocycles. The Morgan fingerprint density at radius 3 is 2.52 bits per heavy atom. The van der Waals surface area contributed by atoms with E-state index in [-0.39, 0.29) is 0 Å². The second-order valence-corrected chi connectivity index (χ2v) is 5.51. The van der Waals surface area contributed by atoms with E-state index in [1.807, 2.05) is 12.1 Å². The van der Waals surface area contributed by atoms with E-state index < -0.39 is 0 Å². The summed E-state index contributed by atoms with van der Waals surface area (Å²) < 4.78 is 5.18. The van der Waals surface area contributed by atoms with Gasteiger partial charge in [0.05, 0.1) is 18.1 Å². The maximum atomic E-state index is 5.18. The van der Waals surface area contributed by atoms with Gasteiger partial charge >= 0.3 is 0 Å². The minimum atomic E-state index is 0.897. The highest BCUT2D eigenvalue weighted by atomic mass is 16.5. The second-order valence-electron chi connectivity index (χ2n) is 5.51. The number of aryl methyl sites for hydroxylation is 4. The fourth-order valence-corrected chi connectivity index (χ4v) is 2.70. The van der Waals surface area contributed by atoms with Gasteiger partial charge in [0, 0.05) is 6.42 Å². The summed E-state index contributed by atoms with van der Waals surface area (Å²) in [5, 5.41) is 0. The lowest BCUT2D eigenvalue weighted by Gasteiger charge is -2.02. The number of hydrogen-bond donors (Lipinski definition) is 1. The molecule has 0 spiro atoms. The first-order valence-electron chi connectivity index (χ1n) is 7.24. The largest absolute Gasteiger partial charge is 0.497 e. The molecule has 0 aliphatic carbocycles. The number of fused-ring (bicyclic) bond motifs is 1. The Kier molecular flexibility index (Phi) is 3.65. The molecule has 1 N–H and O–H groups in total. The molecule has 108 valence electrons. The predicted molar refractivity (Wildman–Crippen MR) is 86.0 cm³/mol. The van der Waals surface area contributed by atoms with Crippen molar-refractivity contribution >= 4 is 11.0 Å². The third-order valence-electron chi connectivity index (χ3n) is 3.78. The number of nitrogens with zero attached hydrogens (tertiary/aromatic N) is 1. The van der Waals surface area contributed by atoms with Gasteiger partial charge in [-0.05, 0) is 55.2 Å². The van der Waals surface area contributed by atoms with Crippen molar-refractivity contribution in [1.29, 1.82) is 0 Å². The number of aromatic nitrogens is 2. The average molecular weight is 280 g/mol. The number of benzene rings is 2. The van der Waals surface area contributed by atoms with Crippen molar-refractivity contribution in [3.8, 4) is 5.75 Å². The number of rotatable bonds is 4. The molecule has 21 heavy (non-hydrogen) atoms. The van der Waals surface area contributed by atoms with Crippen LogP contribution in [-0.4, -0.2) is 17.1 Å². The third-order valence-corrected chi connectivity index (χ3v) is 3.78. The molecular weight excluding hydrogens is 260 g/mol. The zero-order valence-electron chi connectivity index (χ0n) is 12.7. The van der Waals surface area contributed by atoms with Crippen molar-refractivity contribution in [3.63, 3.8) is 0 Å². The van der Waals surface area contributed by atoms with Gasteiger partial charge in [0.1, 0.15) is 11.6 Å². The lowest BCUT2D eigenvalue weighted by Crippen LogP contribution is -1.93. The Morgan fingerprint density at radius 2 is 1.81 bits per heavy atom. The molecule has 0 amide bonds. The predicted octanol–water partition coefficient (Wildman–Crippen LogP) is 3.97. The molecule has 0 aliphatic heterocycles. The molecular formula is C18H20N2O. The Labute approximate surface area is 125 Å². The summed E-state index contributed by atoms with van der Waals surface area (Å²) in [5.74, 6) is 1.95. The third kappa shape index (κ3) is 2.92. The molecule has 0 aliphatic rings. The summed E-state index contributed by atoms with van der Waals surface area (Å²) in [6, 6.07) is 12.6. The van der Waals surface area contributed by atoms with Gasteiger partial charge in [0.15, 0.2) is 0 Å². The number of methoxy groups -OCH3 is 1. The first kappa shape index (κ1) is 13.7. The van der Waals surface area contributed by atoms with Gasteiger partial charge in [-0.15, -0.1) is 0 Å². The van der Waals surface area contributed by atoms with Gasteiger partial charge < -0.3 is 9.72 Å². The maximum Gasteiger partial charge on any atom is 0.118 e. The van der Waals surface area contributed by atoms with Crippen molar-refractivity contribution in [2.24, 2.45) is 0 Å². The van der Waals surface area contributed by atoms with Gasteiger partial charge in [0.25, 0.3) is 0 Å². The van der Waals surface area contributed by atoms with Gasteiger partial charge in [0.2, 0.25) is 0 Å². The number of imidazole rings is 1. The van der Waals surface area contributed by atoms with E-state index in [1.54, 1.807) is 7.11 Å². The molecule has 0 unspecified atom stereocenters. The minimum Gasteiger partial charge on any atom is -0.497 e. The van der Waals surface area contributed by atoms with Crippen LogP contribution >= 0.6 is 0 Å². The lowest BCUT2D eigenvalue weighted by atomic mass is 10.1. The summed E-state index contributed by atoms with van der Waals surface area (Å²) in [7, 11) is 1.69. The van der Waals surface area contributed by atoms with Crippen LogP contribution < -0.4 is 4.74 Å². The zero-order chi connectivity index (χ0) is 14.8. The second kappa shape index (κ2) is 5.60. The molecule has 0 fully saturated rings. The van der Waals surface area contributed by atoms with Gasteiger partial charge in [-0.2, -0.15) is 0 Å². The Morgan fingerprint density at radius 1 is 1.05 bits per heavy atom. The molecule has 3 heteroatoms. The summed E-state index contributed by atoms with van der Waals surface area (Å²) in [4.78, 5) is 8.16. The Bertz CT molecular complexity index is 757. The Balaban J connectivity index is 1.77. The minimum absolute atomic E-state index is 0.897. The molecule has 1 heterocycles. The van der Waals surface area contributed by atoms with E-state index in [9.17, 15) is 0 Å². The maximum absolute atomic E-state index is 5.18. The lowest BCUT2D eigenvalue weighted by molar-refractivity contribution is 0.414. The molecule has 3 nitrogen and oxygen atoms in total. The summed E-state index contributed by atoms with van der Waals surface area (Å²) in [6.07, 6.45) is 1.89. The molecule has 0 saturated carbocycles. The standard InChI is InChI=1S/C18H20N2O/c1-12-10-13(2)18-16(11-12)19-17(20-18)9-6-14-4-7-15(21-3)8-5-14/h4-5,7-8,10-11H,6,9H2,1-3H3,(H,19,20). The van der Waals surface area contributed by atoms with Crippen LogP contribution in [0.15, 0.2) is 36.4 Å². The highest BCUT2D eigenvalue weighted by Gasteiger charge is 2.06. The summed E-state index contributed by atoms with van der Waals surface area (Å²) in [6.45, 7) is 4.23. The van der Waals surface area contributed by atoms with E-state index in [2.05, 4.69) is 43.1 Å². The Hall–Kier alpha value is -2.29. The first-order valence-corrected chi connectivity index (χ1v) is 7.24. The fourth-order valence-electron chi connectivity index (χ4n) is 2.70. The van der Waals surface area contributed by atoms with Crippen molar-refractivity contribution in [1.82, 2.24) is 9.97 Å². The van der Waals surface area contributed by atoms with Crippen LogP contribution in [0, 0.1) is 13.8 Å². The number of aromatic amines is 1. The van der Waals surface area contributed by atoms with E-state index >= 15 is 0 Å². The normalized spacial score (nSPS) is 11.0. The molecule has 3 rings (SSSR count). The number of ether oxygens (including phenoxy) is 1. The van der Waals surface area contributed by atoms with Crippen molar-refractivity contribution in [2.75, 3.05) is 7.11 Å². The van der Waals surface area contributed by atoms with Crippen LogP contribution in [0.5, 0.6) is 5.75 Å². The fraction of sp³-hybridized carbons (Fsp3) is 0.278. The van der Waals surface area contributed by atoms with Crippen molar-refractivity contribution in [3.05, 3.63) is 58.9 Å². The average Bonchev–Trinajstić information content (AvgIpc) is 2.89. The van der Waals surface area contributed by atoms with Gasteiger partial charge in [-0.3, -0.25) is 0 Å². The van der Waals surface area contributed by atoms with Crippen LogP contribution in [0.1, 0.15) is 22.5 Å². The van der Waals surface area contributed by atoms with Crippen LogP contribution in [0.4, 0.5) is 0 Å². The molecule has 1 aromatic heterocycles. The smallest absolute Gasteiger partial charge is 0.118 e. The zero-order valence-corrected chi connectivity index (χ0v) is 12.7. The molecule has 0 atom stereocenters. The monoisotopic (exact) mass is 280 g/mol. The highest BCUT2D eigenvalue weighted by molar-refractivity contribution is 5.79. The topological polar surface area (TPSA) is 37.9 Å². The van der Waals surface area contributed by atoms with Crippen LogP contribution in [0.2, 0.25) is 0 Å². The summed E-state index contributed by atoms with van der Waals surface area (Å²) in [5.41, 5.74) is 6.02. The van der Waals surface area contributed by atoms with Gasteiger partial charge in [-0.1, -0.05) is 18.2 Å². The molecule has 0 bridgehead atoms. The quantitative estimate of drug-likeness (QED) is 0.785. The number of nitrogens with one attached hydrogen (secondary N) is 1. The number of hydrogen-bond acceptors (Lipinski definition) is 2. The SMILES string of the molecule is COc1ccc(CCc2nc3c(C)cc(C)cc3[nH]2)cc1. The van der Waals surface area contributed by atoms with E-state index in [4.69, 9.17) is 9.72 Å². The van der Waals surface area contributed by atoms with E-state index in [0.29, 0.717) is 0 Å².